The molecule has 0 spiro atoms. The van der Waals surface area contributed by atoms with Crippen LogP contribution in [-0.2, 0) is 21.2 Å². The first-order valence-corrected chi connectivity index (χ1v) is 13.7. The van der Waals surface area contributed by atoms with E-state index in [-0.39, 0.29) is 10.0 Å². The summed E-state index contributed by atoms with van der Waals surface area (Å²) in [5.74, 6) is -0.918. The number of aliphatic carboxylic acids is 1. The first-order chi connectivity index (χ1) is 16.5. The summed E-state index contributed by atoms with van der Waals surface area (Å²) < 4.78 is 47.1. The summed E-state index contributed by atoms with van der Waals surface area (Å²) in [6, 6.07) is 16.5. The monoisotopic (exact) mass is 519 g/mol. The minimum atomic E-state index is -3.65. The van der Waals surface area contributed by atoms with E-state index in [0.29, 0.717) is 38.1 Å². The van der Waals surface area contributed by atoms with Gasteiger partial charge in [0.05, 0.1) is 0 Å². The number of carbonyl (C=O) groups is 1. The number of ether oxygens (including phenoxy) is 1. The van der Waals surface area contributed by atoms with E-state index in [1.54, 1.807) is 36.4 Å². The van der Waals surface area contributed by atoms with Crippen LogP contribution in [0, 0.1) is 5.82 Å². The van der Waals surface area contributed by atoms with Crippen molar-refractivity contribution in [3.8, 4) is 16.2 Å². The van der Waals surface area contributed by atoms with Crippen LogP contribution < -0.4 is 4.74 Å². The third-order valence-electron chi connectivity index (χ3n) is 5.46. The van der Waals surface area contributed by atoms with E-state index in [1.807, 2.05) is 19.1 Å². The van der Waals surface area contributed by atoms with E-state index in [9.17, 15) is 22.7 Å². The van der Waals surface area contributed by atoms with Crippen molar-refractivity contribution < 1.29 is 27.4 Å². The average molecular weight is 520 g/mol. The summed E-state index contributed by atoms with van der Waals surface area (Å²) >= 11 is 1.18. The van der Waals surface area contributed by atoms with Gasteiger partial charge >= 0.3 is 5.97 Å². The highest BCUT2D eigenvalue weighted by Crippen LogP contribution is 2.32. The first kappa shape index (κ1) is 26.8. The normalized spacial score (nSPS) is 12.1. The second kappa shape index (κ2) is 11.3. The maximum atomic E-state index is 13.3. The van der Waals surface area contributed by atoms with Crippen molar-refractivity contribution in [2.45, 2.75) is 49.8 Å². The van der Waals surface area contributed by atoms with Gasteiger partial charge in [-0.2, -0.15) is 4.31 Å². The van der Waals surface area contributed by atoms with Gasteiger partial charge in [-0.25, -0.2) is 17.6 Å². The van der Waals surface area contributed by atoms with Crippen molar-refractivity contribution in [1.29, 1.82) is 0 Å². The molecule has 6 nitrogen and oxygen atoms in total. The van der Waals surface area contributed by atoms with Gasteiger partial charge in [0, 0.05) is 18.0 Å². The summed E-state index contributed by atoms with van der Waals surface area (Å²) in [6.07, 6.45) is 2.00. The number of benzene rings is 2. The molecule has 35 heavy (non-hydrogen) atoms. The fourth-order valence-corrected chi connectivity index (χ4v) is 6.52. The highest BCUT2D eigenvalue weighted by molar-refractivity contribution is 7.91. The van der Waals surface area contributed by atoms with Crippen molar-refractivity contribution in [1.82, 2.24) is 4.31 Å². The van der Waals surface area contributed by atoms with Crippen LogP contribution in [0.25, 0.3) is 10.4 Å². The Balaban J connectivity index is 1.64. The van der Waals surface area contributed by atoms with Crippen LogP contribution >= 0.6 is 11.3 Å². The molecule has 0 aliphatic heterocycles. The van der Waals surface area contributed by atoms with E-state index in [1.165, 1.54) is 41.6 Å². The zero-order valence-electron chi connectivity index (χ0n) is 20.0. The Labute approximate surface area is 210 Å². The van der Waals surface area contributed by atoms with Crippen molar-refractivity contribution in [3.63, 3.8) is 0 Å². The fraction of sp³-hybridized carbons (Fsp3) is 0.346. The SMILES string of the molecule is CCCN(CCCc1ccc(OC(C)(C)C(=O)O)cc1)S(=O)(=O)c1ccc(-c2ccc(F)cc2)s1. The maximum absolute atomic E-state index is 13.3. The third kappa shape index (κ3) is 6.90. The molecule has 188 valence electrons. The van der Waals surface area contributed by atoms with Crippen LogP contribution in [0.4, 0.5) is 4.39 Å². The van der Waals surface area contributed by atoms with Gasteiger partial charge in [0.2, 0.25) is 0 Å². The largest absolute Gasteiger partial charge is 0.478 e. The number of aryl methyl sites for hydroxylation is 1. The molecule has 1 aromatic heterocycles. The molecule has 1 N–H and O–H groups in total. The number of nitrogens with zero attached hydrogens (tertiary/aromatic N) is 1. The van der Waals surface area contributed by atoms with Crippen molar-refractivity contribution >= 4 is 27.3 Å². The Bertz CT molecular complexity index is 1240. The summed E-state index contributed by atoms with van der Waals surface area (Å²) in [5.41, 5.74) is 0.461. The summed E-state index contributed by atoms with van der Waals surface area (Å²) in [5, 5.41) is 9.19. The standard InChI is InChI=1S/C26H30FNO5S2/c1-4-17-28(18-5-6-19-7-13-22(14-8-19)33-26(2,3)25(29)30)35(31,32)24-16-15-23(34-24)20-9-11-21(27)12-10-20/h7-16H,4-6,17-18H2,1-3H3,(H,29,30). The molecule has 0 amide bonds. The van der Waals surface area contributed by atoms with Crippen molar-refractivity contribution in [3.05, 3.63) is 72.0 Å². The predicted octanol–water partition coefficient (Wildman–Crippen LogP) is 5.83. The number of carboxylic acid groups (broad SMARTS) is 1. The Morgan fingerprint density at radius 3 is 2.29 bits per heavy atom. The second-order valence-corrected chi connectivity index (χ2v) is 11.9. The molecule has 3 rings (SSSR count). The Morgan fingerprint density at radius 2 is 1.69 bits per heavy atom. The molecule has 0 unspecified atom stereocenters. The molecule has 1 heterocycles. The number of thiophene rings is 1. The van der Waals surface area contributed by atoms with Crippen LogP contribution in [0.1, 0.15) is 39.2 Å². The van der Waals surface area contributed by atoms with Crippen LogP contribution in [0.5, 0.6) is 5.75 Å². The molecule has 0 saturated heterocycles. The maximum Gasteiger partial charge on any atom is 0.347 e. The fourth-order valence-electron chi connectivity index (χ4n) is 3.48. The lowest BCUT2D eigenvalue weighted by atomic mass is 10.1. The lowest BCUT2D eigenvalue weighted by Crippen LogP contribution is -2.37. The summed E-state index contributed by atoms with van der Waals surface area (Å²) in [7, 11) is -3.65. The molecule has 0 aliphatic rings. The second-order valence-electron chi connectivity index (χ2n) is 8.69. The quantitative estimate of drug-likeness (QED) is 0.326. The summed E-state index contributed by atoms with van der Waals surface area (Å²) in [4.78, 5) is 12.0. The Kier molecular flexibility index (Phi) is 8.69. The molecule has 0 fully saturated rings. The molecule has 3 aromatic rings. The minimum Gasteiger partial charge on any atom is -0.478 e. The van der Waals surface area contributed by atoms with Gasteiger partial charge < -0.3 is 9.84 Å². The molecule has 9 heteroatoms. The van der Waals surface area contributed by atoms with Crippen LogP contribution in [-0.4, -0.2) is 42.5 Å². The molecular weight excluding hydrogens is 489 g/mol. The van der Waals surface area contributed by atoms with E-state index in [4.69, 9.17) is 4.74 Å². The molecule has 0 atom stereocenters. The van der Waals surface area contributed by atoms with E-state index >= 15 is 0 Å². The van der Waals surface area contributed by atoms with Gasteiger partial charge in [-0.1, -0.05) is 31.2 Å². The van der Waals surface area contributed by atoms with Gasteiger partial charge in [-0.15, -0.1) is 11.3 Å². The van der Waals surface area contributed by atoms with Gasteiger partial charge in [0.15, 0.2) is 5.60 Å². The first-order valence-electron chi connectivity index (χ1n) is 11.4. The molecule has 0 bridgehead atoms. The highest BCUT2D eigenvalue weighted by atomic mass is 32.2. The van der Waals surface area contributed by atoms with Gasteiger partial charge in [-0.3, -0.25) is 0 Å². The van der Waals surface area contributed by atoms with Crippen molar-refractivity contribution in [2.24, 2.45) is 0 Å². The van der Waals surface area contributed by atoms with E-state index < -0.39 is 21.6 Å². The minimum absolute atomic E-state index is 0.271. The number of rotatable bonds is 12. The van der Waals surface area contributed by atoms with Crippen LogP contribution in [0.15, 0.2) is 64.9 Å². The van der Waals surface area contributed by atoms with E-state index in [2.05, 4.69) is 0 Å². The molecular formula is C26H30FNO5S2. The molecule has 0 aliphatic carbocycles. The van der Waals surface area contributed by atoms with Gasteiger partial charge in [0.25, 0.3) is 10.0 Å². The number of sulfonamides is 1. The third-order valence-corrected chi connectivity index (χ3v) is 8.96. The highest BCUT2D eigenvalue weighted by Gasteiger charge is 2.29. The lowest BCUT2D eigenvalue weighted by Gasteiger charge is -2.22. The van der Waals surface area contributed by atoms with Crippen molar-refractivity contribution in [2.75, 3.05) is 13.1 Å². The Hall–Kier alpha value is -2.75. The number of carboxylic acids is 1. The summed E-state index contributed by atoms with van der Waals surface area (Å²) in [6.45, 7) is 5.72. The topological polar surface area (TPSA) is 83.9 Å². The van der Waals surface area contributed by atoms with Gasteiger partial charge in [-0.05, 0) is 80.6 Å². The number of hydrogen-bond donors (Lipinski definition) is 1. The smallest absolute Gasteiger partial charge is 0.347 e. The molecule has 0 saturated carbocycles. The molecule has 0 radical (unpaired) electrons. The van der Waals surface area contributed by atoms with E-state index in [0.717, 1.165) is 16.0 Å². The zero-order chi connectivity index (χ0) is 25.6. The average Bonchev–Trinajstić information content (AvgIpc) is 3.31. The lowest BCUT2D eigenvalue weighted by molar-refractivity contribution is -0.152. The predicted molar refractivity (Wildman–Crippen MR) is 136 cm³/mol. The number of hydrogen-bond acceptors (Lipinski definition) is 5. The molecule has 2 aromatic carbocycles. The Morgan fingerprint density at radius 1 is 1.03 bits per heavy atom. The van der Waals surface area contributed by atoms with Crippen LogP contribution in [0.2, 0.25) is 0 Å². The van der Waals surface area contributed by atoms with Gasteiger partial charge in [0.1, 0.15) is 15.8 Å². The zero-order valence-corrected chi connectivity index (χ0v) is 21.7. The van der Waals surface area contributed by atoms with Crippen LogP contribution in [0.3, 0.4) is 0 Å². The number of halogens is 1.